The van der Waals surface area contributed by atoms with Gasteiger partial charge in [-0.25, -0.2) is 30.2 Å². The van der Waals surface area contributed by atoms with Crippen LogP contribution in [0.5, 0.6) is 0 Å². The van der Waals surface area contributed by atoms with Gasteiger partial charge in [-0.1, -0.05) is 78.9 Å². The summed E-state index contributed by atoms with van der Waals surface area (Å²) >= 11 is 0. The molecule has 0 radical (unpaired) electrons. The van der Waals surface area contributed by atoms with Crippen LogP contribution in [0.2, 0.25) is 0 Å². The number of para-hydroxylation sites is 3. The smallest absolute Gasteiger partial charge is 0.748 e. The molecule has 0 saturated carbocycles. The van der Waals surface area contributed by atoms with E-state index in [1.165, 1.54) is 5.57 Å². The molecule has 0 bridgehead atoms. The van der Waals surface area contributed by atoms with Crippen LogP contribution in [0.1, 0.15) is 11.1 Å². The average molecular weight is 848 g/mol. The van der Waals surface area contributed by atoms with Crippen molar-refractivity contribution in [2.75, 3.05) is 29.4 Å². The van der Waals surface area contributed by atoms with E-state index in [2.05, 4.69) is 125 Å². The zero-order valence-corrected chi connectivity index (χ0v) is 38.4. The van der Waals surface area contributed by atoms with E-state index in [4.69, 9.17) is 38.9 Å². The van der Waals surface area contributed by atoms with Gasteiger partial charge in [0.25, 0.3) is 0 Å². The Morgan fingerprint density at radius 1 is 0.439 bits per heavy atom. The van der Waals surface area contributed by atoms with Crippen molar-refractivity contribution >= 4 is 70.1 Å². The summed E-state index contributed by atoms with van der Waals surface area (Å²) in [5, 5.41) is 6.97. The molecule has 0 atom stereocenters. The zero-order valence-electron chi connectivity index (χ0n) is 32.0. The van der Waals surface area contributed by atoms with Crippen molar-refractivity contribution in [2.45, 2.75) is 0 Å². The minimum atomic E-state index is -3.92. The van der Waals surface area contributed by atoms with Crippen LogP contribution >= 0.6 is 0 Å². The topological polar surface area (TPSA) is 210 Å². The number of nitrogens with one attached hydrogen (secondary N) is 3. The maximum Gasteiger partial charge on any atom is 1.00 e. The number of anilines is 4. The maximum atomic E-state index is 9.08. The third-order valence-electron chi connectivity index (χ3n) is 6.71. The molecule has 1 aliphatic carbocycles. The Morgan fingerprint density at radius 3 is 1.04 bits per heavy atom. The van der Waals surface area contributed by atoms with E-state index in [0.29, 0.717) is 18.8 Å². The van der Waals surface area contributed by atoms with Crippen molar-refractivity contribution in [2.24, 2.45) is 0 Å². The van der Waals surface area contributed by atoms with Gasteiger partial charge in [0.15, 0.2) is 0 Å². The Balaban J connectivity index is 0.000000820. The summed E-state index contributed by atoms with van der Waals surface area (Å²) in [7, 11) is -11.8. The molecule has 0 unspecified atom stereocenters. The second-order valence-corrected chi connectivity index (χ2v) is 15.9. The first-order chi connectivity index (χ1) is 25.8. The molecule has 0 spiro atoms. The van der Waals surface area contributed by atoms with Crippen molar-refractivity contribution < 1.29 is 103 Å². The fraction of sp³-hybridized carbons (Fsp3) is 0.0750. The second-order valence-electron chi connectivity index (χ2n) is 11.7. The Kier molecular flexibility index (Phi) is 22.5. The number of hydrogen-bond acceptors (Lipinski definition) is 11. The number of benzene rings is 5. The quantitative estimate of drug-likeness (QED) is 0.140. The molecule has 17 heteroatoms. The third kappa shape index (κ3) is 24.0. The molecule has 5 aromatic rings. The Hall–Kier alpha value is -3.68. The molecule has 12 nitrogen and oxygen atoms in total. The average Bonchev–Trinajstić information content (AvgIpc) is 3.10. The van der Waals surface area contributed by atoms with Gasteiger partial charge in [0.2, 0.25) is 11.4 Å². The van der Waals surface area contributed by atoms with Gasteiger partial charge in [-0.05, 0) is 83.0 Å². The van der Waals surface area contributed by atoms with Crippen molar-refractivity contribution in [1.29, 1.82) is 0 Å². The summed E-state index contributed by atoms with van der Waals surface area (Å²) in [5.41, 5.74) is 11.0. The first-order valence-electron chi connectivity index (χ1n) is 16.2. The van der Waals surface area contributed by atoms with E-state index in [0.717, 1.165) is 50.8 Å². The van der Waals surface area contributed by atoms with Crippen LogP contribution in [0.3, 0.4) is 0 Å². The van der Waals surface area contributed by atoms with Crippen molar-refractivity contribution in [3.05, 3.63) is 181 Å². The van der Waals surface area contributed by atoms with Crippen LogP contribution in [0.15, 0.2) is 169 Å². The van der Waals surface area contributed by atoms with E-state index >= 15 is 0 Å². The number of hydrogen-bond donors (Lipinski definition) is 3. The van der Waals surface area contributed by atoms with E-state index in [9.17, 15) is 0 Å². The Morgan fingerprint density at radius 2 is 0.719 bits per heavy atom. The fourth-order valence-corrected chi connectivity index (χ4v) is 4.73. The SMILES string of the molecule is C1=CC(=C(c2ccc(Nc3ccccc3)cc2)c2ccc(Nc3ccccc3)cc2)C=CC1=[NH+]c1ccccc1.CS(=O)(=O)[O-].CS(=O)(=O)[O-].CS(=O)(=O)[O-].[Na+].[Na+]. The van der Waals surface area contributed by atoms with Gasteiger partial charge >= 0.3 is 59.1 Å². The maximum absolute atomic E-state index is 9.08. The third-order valence-corrected chi connectivity index (χ3v) is 6.71. The molecule has 6 rings (SSSR count). The first-order valence-corrected chi connectivity index (χ1v) is 21.6. The molecule has 0 aliphatic heterocycles. The largest absolute Gasteiger partial charge is 1.00 e. The summed E-state index contributed by atoms with van der Waals surface area (Å²) < 4.78 is 81.7. The predicted molar refractivity (Wildman–Crippen MR) is 216 cm³/mol. The summed E-state index contributed by atoms with van der Waals surface area (Å²) in [6.45, 7) is 0. The van der Waals surface area contributed by atoms with E-state index in [1.807, 2.05) is 54.6 Å². The number of rotatable bonds is 7. The van der Waals surface area contributed by atoms with Crippen LogP contribution in [-0.4, -0.2) is 63.4 Å². The van der Waals surface area contributed by atoms with Crippen LogP contribution in [0, 0.1) is 0 Å². The minimum absolute atomic E-state index is 0. The summed E-state index contributed by atoms with van der Waals surface area (Å²) in [5.74, 6) is 0. The van der Waals surface area contributed by atoms with Gasteiger partial charge in [0.05, 0.1) is 30.4 Å². The van der Waals surface area contributed by atoms with Crippen LogP contribution in [0.4, 0.5) is 28.4 Å². The molecule has 3 N–H and O–H groups in total. The summed E-state index contributed by atoms with van der Waals surface area (Å²) in [6.07, 6.45) is 10.5. The molecule has 0 aromatic heterocycles. The van der Waals surface area contributed by atoms with Crippen LogP contribution in [0.25, 0.3) is 5.57 Å². The van der Waals surface area contributed by atoms with Crippen molar-refractivity contribution in [3.63, 3.8) is 0 Å². The second kappa shape index (κ2) is 24.9. The van der Waals surface area contributed by atoms with Gasteiger partial charge < -0.3 is 24.3 Å². The molecule has 1 aliphatic rings. The van der Waals surface area contributed by atoms with E-state index in [-0.39, 0.29) is 59.1 Å². The van der Waals surface area contributed by atoms with Gasteiger partial charge in [-0.2, -0.15) is 0 Å². The van der Waals surface area contributed by atoms with E-state index < -0.39 is 30.4 Å². The molecule has 0 heterocycles. The van der Waals surface area contributed by atoms with Gasteiger partial charge in [-0.3, -0.25) is 0 Å². The first kappa shape index (κ1) is 51.3. The van der Waals surface area contributed by atoms with Gasteiger partial charge in [-0.15, -0.1) is 0 Å². The van der Waals surface area contributed by atoms with E-state index in [1.54, 1.807) is 0 Å². The molecular formula is C40H39N3Na2O9S3. The van der Waals surface area contributed by atoms with Crippen molar-refractivity contribution in [1.82, 2.24) is 0 Å². The zero-order chi connectivity index (χ0) is 40.5. The normalized spacial score (nSPS) is 11.6. The summed E-state index contributed by atoms with van der Waals surface area (Å²) in [4.78, 5) is 3.49. The summed E-state index contributed by atoms with van der Waals surface area (Å²) in [6, 6.07) is 48.0. The fourth-order valence-electron chi connectivity index (χ4n) is 4.73. The predicted octanol–water partition coefficient (Wildman–Crippen LogP) is -0.553. The Bertz CT molecular complexity index is 2250. The van der Waals surface area contributed by atoms with Crippen LogP contribution < -0.4 is 74.7 Å². The van der Waals surface area contributed by atoms with Gasteiger partial charge in [0.1, 0.15) is 0 Å². The molecular weight excluding hydrogens is 809 g/mol. The minimum Gasteiger partial charge on any atom is -0.748 e. The van der Waals surface area contributed by atoms with Crippen LogP contribution in [-0.2, 0) is 30.4 Å². The molecule has 0 fully saturated rings. The molecule has 288 valence electrons. The molecule has 0 saturated heterocycles. The monoisotopic (exact) mass is 847 g/mol. The van der Waals surface area contributed by atoms with Gasteiger partial charge in [0, 0.05) is 65.8 Å². The van der Waals surface area contributed by atoms with Crippen molar-refractivity contribution in [3.8, 4) is 0 Å². The molecule has 0 amide bonds. The number of allylic oxidation sites excluding steroid dienone is 5. The Labute approximate surface area is 379 Å². The standard InChI is InChI=1S/C37H29N3.3CH4O3S.2Na/c1-4-10-31(11-5-1)38-34-22-16-28(17-23-34)37(29-18-24-35(25-19-29)39-32-12-6-2-7-13-32)30-20-26-36(27-21-30)40-33-14-8-3-9-15-33;3*1-5(2,3)4;;/h1-27,38-39H;3*1H3,(H,2,3,4);;/q;;;;2*+1/p-2. The molecule has 57 heavy (non-hydrogen) atoms. The molecule has 5 aromatic carbocycles.